The van der Waals surface area contributed by atoms with Crippen LogP contribution in [0.5, 0.6) is 0 Å². The van der Waals surface area contributed by atoms with Crippen molar-refractivity contribution in [3.05, 3.63) is 0 Å². The Bertz CT molecular complexity index is 57.8. The van der Waals surface area contributed by atoms with Crippen LogP contribution in [0.4, 0.5) is 0 Å². The van der Waals surface area contributed by atoms with Gasteiger partial charge in [-0.05, 0) is 0 Å². The molecule has 0 unspecified atom stereocenters. The first-order valence-electron chi connectivity index (χ1n) is 0.783. The van der Waals surface area contributed by atoms with Crippen LogP contribution in [0.3, 0.4) is 0 Å². The van der Waals surface area contributed by atoms with Gasteiger partial charge in [0.25, 0.3) is 0 Å². The van der Waals surface area contributed by atoms with Crippen molar-refractivity contribution in [2.45, 2.75) is 0 Å². The van der Waals surface area contributed by atoms with Gasteiger partial charge in [-0.15, -0.1) is 0 Å². The van der Waals surface area contributed by atoms with Crippen molar-refractivity contribution in [2.24, 2.45) is 0 Å². The van der Waals surface area contributed by atoms with E-state index < -0.39 is 7.82 Å². The van der Waals surface area contributed by atoms with Crippen LogP contribution in [0.1, 0.15) is 1.43 Å². The Kier molecular flexibility index (Phi) is 5.35. The van der Waals surface area contributed by atoms with E-state index in [1.54, 1.807) is 0 Å². The van der Waals surface area contributed by atoms with E-state index in [9.17, 15) is 0 Å². The van der Waals surface area contributed by atoms with Crippen LogP contribution < -0.4 is 0 Å². The standard InChI is InChI=1S/Na.H3O4P.H2.H/c;1-5(2,3)4;;/h;(H3,1,2,3,4);1H;. The molecular formula is H6NaO4P. The SMILES string of the molecule is O=P(O)(O)O.[HH].[NaH]. The Labute approximate surface area is 58.2 Å². The third-order valence-electron chi connectivity index (χ3n) is 0. The molecule has 3 N–H and O–H groups in total. The van der Waals surface area contributed by atoms with Gasteiger partial charge in [-0.2, -0.15) is 0 Å². The predicted octanol–water partition coefficient (Wildman–Crippen LogP) is -1.33. The van der Waals surface area contributed by atoms with E-state index in [0.29, 0.717) is 0 Å². The summed E-state index contributed by atoms with van der Waals surface area (Å²) in [5.74, 6) is 0. The predicted molar refractivity (Wildman–Crippen MR) is 23.5 cm³/mol. The minimum atomic E-state index is -4.64. The van der Waals surface area contributed by atoms with Gasteiger partial charge in [0.2, 0.25) is 0 Å². The molecule has 0 amide bonds. The Hall–Kier alpha value is 1.11. The first kappa shape index (κ1) is 10.2. The van der Waals surface area contributed by atoms with Crippen LogP contribution >= 0.6 is 7.82 Å². The van der Waals surface area contributed by atoms with Crippen molar-refractivity contribution < 1.29 is 20.7 Å². The molecule has 0 saturated heterocycles. The molecule has 0 atom stereocenters. The van der Waals surface area contributed by atoms with Crippen LogP contribution in [0.15, 0.2) is 0 Å². The van der Waals surface area contributed by atoms with Gasteiger partial charge in [0, 0.05) is 1.43 Å². The summed E-state index contributed by atoms with van der Waals surface area (Å²) in [4.78, 5) is 21.6. The van der Waals surface area contributed by atoms with Crippen LogP contribution in [-0.4, -0.2) is 44.2 Å². The summed E-state index contributed by atoms with van der Waals surface area (Å²) in [7, 11) is -4.64. The number of phosphoric acid groups is 1. The van der Waals surface area contributed by atoms with Crippen molar-refractivity contribution in [1.29, 1.82) is 0 Å². The Balaban J connectivity index is -0.0000000800. The summed E-state index contributed by atoms with van der Waals surface area (Å²) in [5, 5.41) is 0. The fourth-order valence-electron chi connectivity index (χ4n) is 0. The van der Waals surface area contributed by atoms with Crippen LogP contribution in [0.25, 0.3) is 0 Å². The molecule has 0 aromatic heterocycles. The number of hydrogen-bond donors (Lipinski definition) is 3. The molecule has 0 spiro atoms. The molecule has 4 nitrogen and oxygen atoms in total. The molecule has 0 aromatic rings. The van der Waals surface area contributed by atoms with E-state index in [1.165, 1.54) is 0 Å². The van der Waals surface area contributed by atoms with E-state index >= 15 is 0 Å². The third kappa shape index (κ3) is 70.1. The molecule has 0 aliphatic carbocycles. The molecular weight excluding hydrogens is 118 g/mol. The van der Waals surface area contributed by atoms with E-state index in [4.69, 9.17) is 19.2 Å². The monoisotopic (exact) mass is 124 g/mol. The molecule has 0 aromatic carbocycles. The third-order valence-corrected chi connectivity index (χ3v) is 0. The first-order valence-corrected chi connectivity index (χ1v) is 2.35. The topological polar surface area (TPSA) is 77.8 Å². The van der Waals surface area contributed by atoms with Crippen LogP contribution in [-0.2, 0) is 4.57 Å². The zero-order valence-corrected chi connectivity index (χ0v) is 3.09. The number of hydrogen-bond acceptors (Lipinski definition) is 1. The van der Waals surface area contributed by atoms with Crippen molar-refractivity contribution in [3.63, 3.8) is 0 Å². The zero-order chi connectivity index (χ0) is 4.50. The molecule has 0 radical (unpaired) electrons. The van der Waals surface area contributed by atoms with Gasteiger partial charge in [-0.3, -0.25) is 0 Å². The summed E-state index contributed by atoms with van der Waals surface area (Å²) < 4.78 is 8.88. The van der Waals surface area contributed by atoms with Gasteiger partial charge in [-0.1, -0.05) is 0 Å². The molecule has 0 aliphatic heterocycles. The molecule has 36 valence electrons. The maximum atomic E-state index is 8.88. The van der Waals surface area contributed by atoms with E-state index in [0.717, 1.165) is 0 Å². The van der Waals surface area contributed by atoms with E-state index in [2.05, 4.69) is 0 Å². The minimum absolute atomic E-state index is 0. The quantitative estimate of drug-likeness (QED) is 0.276. The van der Waals surface area contributed by atoms with Crippen molar-refractivity contribution >= 4 is 37.4 Å². The summed E-state index contributed by atoms with van der Waals surface area (Å²) >= 11 is 0. The average molecular weight is 124 g/mol. The second-order valence-electron chi connectivity index (χ2n) is 0.513. The van der Waals surface area contributed by atoms with Gasteiger partial charge in [0.05, 0.1) is 0 Å². The van der Waals surface area contributed by atoms with Gasteiger partial charge in [-0.25, -0.2) is 4.57 Å². The van der Waals surface area contributed by atoms with Crippen molar-refractivity contribution in [2.75, 3.05) is 0 Å². The van der Waals surface area contributed by atoms with Gasteiger partial charge in [0.1, 0.15) is 0 Å². The summed E-state index contributed by atoms with van der Waals surface area (Å²) in [5.41, 5.74) is 0. The van der Waals surface area contributed by atoms with Gasteiger partial charge in [0.15, 0.2) is 0 Å². The van der Waals surface area contributed by atoms with Gasteiger partial charge < -0.3 is 14.7 Å². The number of rotatable bonds is 0. The Morgan fingerprint density at radius 3 is 1.33 bits per heavy atom. The maximum absolute atomic E-state index is 8.88. The second-order valence-corrected chi connectivity index (χ2v) is 1.54. The average Bonchev–Trinajstić information content (AvgIpc) is 0.722. The van der Waals surface area contributed by atoms with Gasteiger partial charge >= 0.3 is 37.4 Å². The molecule has 0 heterocycles. The summed E-state index contributed by atoms with van der Waals surface area (Å²) in [6.45, 7) is 0. The van der Waals surface area contributed by atoms with Crippen molar-refractivity contribution in [1.82, 2.24) is 0 Å². The zero-order valence-electron chi connectivity index (χ0n) is 2.20. The Morgan fingerprint density at radius 2 is 1.33 bits per heavy atom. The molecule has 6 heteroatoms. The van der Waals surface area contributed by atoms with Crippen LogP contribution in [0, 0.1) is 0 Å². The Morgan fingerprint density at radius 1 is 1.33 bits per heavy atom. The first-order chi connectivity index (χ1) is 2.00. The molecule has 6 heavy (non-hydrogen) atoms. The molecule has 0 rings (SSSR count). The molecule has 0 saturated carbocycles. The van der Waals surface area contributed by atoms with Crippen molar-refractivity contribution in [3.8, 4) is 0 Å². The molecule has 0 bridgehead atoms. The van der Waals surface area contributed by atoms with E-state index in [-0.39, 0.29) is 31.0 Å². The second kappa shape index (κ2) is 3.16. The summed E-state index contributed by atoms with van der Waals surface area (Å²) in [6.07, 6.45) is 0. The fraction of sp³-hybridized carbons (Fsp3) is 0. The molecule has 0 fully saturated rings. The van der Waals surface area contributed by atoms with E-state index in [1.807, 2.05) is 0 Å². The van der Waals surface area contributed by atoms with Crippen LogP contribution in [0.2, 0.25) is 0 Å². The normalized spacial score (nSPS) is 9.83. The fourth-order valence-corrected chi connectivity index (χ4v) is 0. The summed E-state index contributed by atoms with van der Waals surface area (Å²) in [6, 6.07) is 0. The molecule has 0 aliphatic rings.